The van der Waals surface area contributed by atoms with Crippen LogP contribution in [-0.2, 0) is 11.2 Å². The molecule has 3 aliphatic heterocycles. The highest BCUT2D eigenvalue weighted by molar-refractivity contribution is 5.92. The average molecular weight is 639 g/mol. The number of piperidine rings is 2. The summed E-state index contributed by atoms with van der Waals surface area (Å²) in [5.74, 6) is 0.103. The third-order valence-corrected chi connectivity index (χ3v) is 10.7. The van der Waals surface area contributed by atoms with Crippen molar-refractivity contribution in [2.24, 2.45) is 5.73 Å². The largest absolute Gasteiger partial charge is 0.345 e. The molecule has 3 saturated heterocycles. The first-order valence-corrected chi connectivity index (χ1v) is 17.1. The minimum absolute atomic E-state index is 0.00531. The van der Waals surface area contributed by atoms with Gasteiger partial charge in [-0.05, 0) is 99.8 Å². The van der Waals surface area contributed by atoms with Crippen LogP contribution in [0.5, 0.6) is 0 Å². The van der Waals surface area contributed by atoms with Crippen LogP contribution in [0.3, 0.4) is 0 Å². The number of hydrogen-bond acceptors (Lipinski definition) is 7. The van der Waals surface area contributed by atoms with Gasteiger partial charge in [0.05, 0.1) is 17.8 Å². The topological polar surface area (TPSA) is 124 Å². The Kier molecular flexibility index (Phi) is 8.87. The normalized spacial score (nSPS) is 19.9. The molecule has 1 atom stereocenters. The van der Waals surface area contributed by atoms with Crippen molar-refractivity contribution in [2.75, 3.05) is 59.4 Å². The zero-order chi connectivity index (χ0) is 32.7. The number of piperazine rings is 1. The van der Waals surface area contributed by atoms with Crippen LogP contribution in [-0.4, -0.2) is 118 Å². The van der Waals surface area contributed by atoms with Crippen LogP contribution in [0.4, 0.5) is 4.79 Å². The van der Waals surface area contributed by atoms with Crippen LogP contribution >= 0.6 is 0 Å². The maximum atomic E-state index is 13.7. The second kappa shape index (κ2) is 13.2. The molecule has 7 rings (SSSR count). The maximum absolute atomic E-state index is 13.7. The summed E-state index contributed by atoms with van der Waals surface area (Å²) in [7, 11) is 2.18. The van der Waals surface area contributed by atoms with Crippen molar-refractivity contribution < 1.29 is 9.59 Å². The first-order valence-electron chi connectivity index (χ1n) is 17.1. The molecular weight excluding hydrogens is 592 g/mol. The standard InChI is InChI=1S/C36H46N8O3/c1-24-19-25(21-31(37)35(46)42-17-15-41(16-18-42)29-9-11-40(2)12-10-29)20-28-23-38-44(33(24)28)36(47)43-13-7-26(8-14-43)30-22-27-5-3-4-6-32(27)39-34(30)45/h3-6,19-20,22-23,26,29,31H,7-18,21,37H2,1-2H3,(H,39,45)/t31-/m0/s1. The first kappa shape index (κ1) is 31.5. The summed E-state index contributed by atoms with van der Waals surface area (Å²) in [6.07, 6.45) is 5.98. The van der Waals surface area contributed by atoms with Crippen molar-refractivity contribution in [1.29, 1.82) is 0 Å². The van der Waals surface area contributed by atoms with Crippen molar-refractivity contribution in [3.05, 3.63) is 75.7 Å². The quantitative estimate of drug-likeness (QED) is 0.344. The molecule has 11 heteroatoms. The van der Waals surface area contributed by atoms with Crippen LogP contribution in [0.1, 0.15) is 48.3 Å². The number of H-pyrrole nitrogens is 1. The number of carbonyl (C=O) groups is 2. The van der Waals surface area contributed by atoms with E-state index in [1.54, 1.807) is 6.20 Å². The zero-order valence-electron chi connectivity index (χ0n) is 27.5. The van der Waals surface area contributed by atoms with Crippen molar-refractivity contribution in [3.63, 3.8) is 0 Å². The molecule has 11 nitrogen and oxygen atoms in total. The second-order valence-corrected chi connectivity index (χ2v) is 13.8. The summed E-state index contributed by atoms with van der Waals surface area (Å²) < 4.78 is 1.49. The van der Waals surface area contributed by atoms with Gasteiger partial charge in [-0.25, -0.2) is 4.79 Å². The minimum Gasteiger partial charge on any atom is -0.339 e. The number of rotatable bonds is 5. The third-order valence-electron chi connectivity index (χ3n) is 10.7. The van der Waals surface area contributed by atoms with E-state index in [2.05, 4.69) is 26.9 Å². The van der Waals surface area contributed by atoms with Crippen molar-refractivity contribution in [2.45, 2.75) is 57.0 Å². The fourth-order valence-corrected chi connectivity index (χ4v) is 7.94. The number of aromatic nitrogens is 3. The van der Waals surface area contributed by atoms with Gasteiger partial charge < -0.3 is 25.4 Å². The number of likely N-dealkylation sites (tertiary alicyclic amines) is 2. The molecule has 4 aromatic rings. The summed E-state index contributed by atoms with van der Waals surface area (Å²) in [6.45, 7) is 8.62. The second-order valence-electron chi connectivity index (χ2n) is 13.8. The Morgan fingerprint density at radius 2 is 1.64 bits per heavy atom. The van der Waals surface area contributed by atoms with Crippen LogP contribution in [0, 0.1) is 6.92 Å². The molecule has 0 spiro atoms. The molecule has 2 aromatic heterocycles. The molecule has 5 heterocycles. The van der Waals surface area contributed by atoms with Gasteiger partial charge in [-0.2, -0.15) is 9.78 Å². The molecule has 0 aliphatic carbocycles. The smallest absolute Gasteiger partial charge is 0.339 e. The number of aromatic amines is 1. The van der Waals surface area contributed by atoms with Gasteiger partial charge in [0, 0.05) is 61.8 Å². The number of pyridine rings is 1. The zero-order valence-corrected chi connectivity index (χ0v) is 27.5. The molecule has 0 bridgehead atoms. The summed E-state index contributed by atoms with van der Waals surface area (Å²) in [5, 5.41) is 6.37. The van der Waals surface area contributed by atoms with Crippen molar-refractivity contribution in [1.82, 2.24) is 34.4 Å². The summed E-state index contributed by atoms with van der Waals surface area (Å²) in [4.78, 5) is 51.5. The van der Waals surface area contributed by atoms with E-state index >= 15 is 0 Å². The Hall–Kier alpha value is -4.06. The Balaban J connectivity index is 0.964. The Labute approximate surface area is 275 Å². The molecule has 2 aromatic carbocycles. The lowest BCUT2D eigenvalue weighted by molar-refractivity contribution is -0.134. The lowest BCUT2D eigenvalue weighted by atomic mass is 9.89. The third kappa shape index (κ3) is 6.44. The predicted octanol–water partition coefficient (Wildman–Crippen LogP) is 3.14. The number of nitrogens with zero attached hydrogens (tertiary/aromatic N) is 6. The van der Waals surface area contributed by atoms with Crippen molar-refractivity contribution >= 4 is 33.7 Å². The molecule has 0 saturated carbocycles. The van der Waals surface area contributed by atoms with Crippen LogP contribution in [0.25, 0.3) is 21.8 Å². The number of carbonyl (C=O) groups excluding carboxylic acids is 2. The molecule has 3 aliphatic rings. The summed E-state index contributed by atoms with van der Waals surface area (Å²) in [5.41, 5.74) is 10.7. The molecule has 2 amide bonds. The highest BCUT2D eigenvalue weighted by Crippen LogP contribution is 2.29. The number of nitrogens with two attached hydrogens (primary N) is 1. The van der Waals surface area contributed by atoms with E-state index in [0.717, 1.165) is 77.8 Å². The summed E-state index contributed by atoms with van der Waals surface area (Å²) >= 11 is 0. The highest BCUT2D eigenvalue weighted by Gasteiger charge is 2.31. The van der Waals surface area contributed by atoms with E-state index in [4.69, 9.17) is 5.73 Å². The number of fused-ring (bicyclic) bond motifs is 2. The van der Waals surface area contributed by atoms with Gasteiger partial charge in [0.15, 0.2) is 0 Å². The van der Waals surface area contributed by atoms with Gasteiger partial charge >= 0.3 is 6.03 Å². The Morgan fingerprint density at radius 3 is 2.38 bits per heavy atom. The van der Waals surface area contributed by atoms with E-state index in [1.807, 2.05) is 59.2 Å². The van der Waals surface area contributed by atoms with E-state index in [1.165, 1.54) is 17.5 Å². The molecular formula is C36H46N8O3. The number of nitrogens with one attached hydrogen (secondary N) is 1. The van der Waals surface area contributed by atoms with Gasteiger partial charge in [0.2, 0.25) is 5.91 Å². The van der Waals surface area contributed by atoms with Crippen molar-refractivity contribution in [3.8, 4) is 0 Å². The summed E-state index contributed by atoms with van der Waals surface area (Å²) in [6, 6.07) is 13.7. The number of hydrogen-bond donors (Lipinski definition) is 2. The minimum atomic E-state index is -0.616. The lowest BCUT2D eigenvalue weighted by Gasteiger charge is -2.42. The number of benzene rings is 2. The SMILES string of the molecule is Cc1cc(C[C@H](N)C(=O)N2CCN(C3CCN(C)CC3)CC2)cc2cnn(C(=O)N3CCC(c4cc5ccccc5[nH]c4=O)CC3)c12. The van der Waals surface area contributed by atoms with Gasteiger partial charge in [-0.1, -0.05) is 24.3 Å². The first-order chi connectivity index (χ1) is 22.7. The van der Waals surface area contributed by atoms with Gasteiger partial charge in [0.25, 0.3) is 5.56 Å². The Bertz CT molecular complexity index is 1830. The van der Waals surface area contributed by atoms with Crippen LogP contribution < -0.4 is 11.3 Å². The maximum Gasteiger partial charge on any atom is 0.345 e. The predicted molar refractivity (Wildman–Crippen MR) is 184 cm³/mol. The molecule has 0 unspecified atom stereocenters. The number of aryl methyl sites for hydroxylation is 1. The highest BCUT2D eigenvalue weighted by atomic mass is 16.2. The van der Waals surface area contributed by atoms with Crippen LogP contribution in [0.2, 0.25) is 0 Å². The fraction of sp³-hybridized carbons (Fsp3) is 0.500. The Morgan fingerprint density at radius 1 is 0.915 bits per heavy atom. The number of amides is 2. The van der Waals surface area contributed by atoms with Gasteiger partial charge in [0.1, 0.15) is 0 Å². The lowest BCUT2D eigenvalue weighted by Crippen LogP contribution is -2.56. The molecule has 3 fully saturated rings. The van der Waals surface area contributed by atoms with E-state index in [9.17, 15) is 14.4 Å². The van der Waals surface area contributed by atoms with Gasteiger partial charge in [-0.15, -0.1) is 0 Å². The number of para-hydroxylation sites is 1. The van der Waals surface area contributed by atoms with E-state index < -0.39 is 6.04 Å². The monoisotopic (exact) mass is 638 g/mol. The van der Waals surface area contributed by atoms with E-state index in [0.29, 0.717) is 38.4 Å². The fourth-order valence-electron chi connectivity index (χ4n) is 7.94. The molecule has 248 valence electrons. The average Bonchev–Trinajstić information content (AvgIpc) is 3.52. The van der Waals surface area contributed by atoms with Gasteiger partial charge in [-0.3, -0.25) is 14.5 Å². The molecule has 0 radical (unpaired) electrons. The molecule has 3 N–H and O–H groups in total. The van der Waals surface area contributed by atoms with Crippen LogP contribution in [0.15, 0.2) is 53.5 Å². The van der Waals surface area contributed by atoms with E-state index in [-0.39, 0.29) is 23.4 Å². The molecule has 47 heavy (non-hydrogen) atoms.